The highest BCUT2D eigenvalue weighted by Crippen LogP contribution is 2.16. The SMILES string of the molecule is COC(=O)c1cccc(N(Cl)C=O)c1. The molecule has 1 aromatic carbocycles. The molecule has 0 unspecified atom stereocenters. The molecule has 0 saturated heterocycles. The molecule has 0 heterocycles. The summed E-state index contributed by atoms with van der Waals surface area (Å²) in [6, 6.07) is 6.26. The van der Waals surface area contributed by atoms with E-state index in [1.165, 1.54) is 13.2 Å². The minimum absolute atomic E-state index is 0.345. The Kier molecular flexibility index (Phi) is 3.48. The third-order valence-electron chi connectivity index (χ3n) is 1.61. The number of rotatable bonds is 3. The van der Waals surface area contributed by atoms with Crippen LogP contribution in [-0.4, -0.2) is 19.5 Å². The van der Waals surface area contributed by atoms with Gasteiger partial charge in [-0.25, -0.2) is 9.21 Å². The zero-order valence-corrected chi connectivity index (χ0v) is 8.19. The fourth-order valence-electron chi connectivity index (χ4n) is 0.944. The van der Waals surface area contributed by atoms with Crippen molar-refractivity contribution in [2.45, 2.75) is 0 Å². The molecule has 1 amide bonds. The van der Waals surface area contributed by atoms with E-state index in [4.69, 9.17) is 11.8 Å². The summed E-state index contributed by atoms with van der Waals surface area (Å²) < 4.78 is 5.37. The summed E-state index contributed by atoms with van der Waals surface area (Å²) in [5.41, 5.74) is 0.766. The van der Waals surface area contributed by atoms with Crippen LogP contribution in [0.3, 0.4) is 0 Å². The number of amides is 1. The Morgan fingerprint density at radius 1 is 1.57 bits per heavy atom. The number of methoxy groups -OCH3 is 1. The van der Waals surface area contributed by atoms with E-state index in [-0.39, 0.29) is 0 Å². The summed E-state index contributed by atoms with van der Waals surface area (Å²) in [6.45, 7) is 0. The first-order valence-corrected chi connectivity index (χ1v) is 4.11. The van der Waals surface area contributed by atoms with Crippen molar-refractivity contribution < 1.29 is 14.3 Å². The Morgan fingerprint density at radius 3 is 2.86 bits per heavy atom. The van der Waals surface area contributed by atoms with Crippen molar-refractivity contribution in [1.29, 1.82) is 0 Å². The molecule has 1 aromatic rings. The second kappa shape index (κ2) is 4.62. The van der Waals surface area contributed by atoms with Gasteiger partial charge in [-0.2, -0.15) is 0 Å². The molecule has 0 aliphatic carbocycles. The first kappa shape index (κ1) is 10.5. The molecule has 5 heteroatoms. The van der Waals surface area contributed by atoms with Crippen molar-refractivity contribution in [3.05, 3.63) is 29.8 Å². The number of carbonyl (C=O) groups excluding carboxylic acids is 2. The van der Waals surface area contributed by atoms with E-state index in [0.717, 1.165) is 4.42 Å². The monoisotopic (exact) mass is 213 g/mol. The van der Waals surface area contributed by atoms with Gasteiger partial charge in [-0.3, -0.25) is 4.79 Å². The normalized spacial score (nSPS) is 9.29. The topological polar surface area (TPSA) is 46.6 Å². The molecule has 0 N–H and O–H groups in total. The Hall–Kier alpha value is -1.55. The molecule has 0 radical (unpaired) electrons. The third-order valence-corrected chi connectivity index (χ3v) is 1.88. The quantitative estimate of drug-likeness (QED) is 0.435. The predicted octanol–water partition coefficient (Wildman–Crippen LogP) is 1.59. The zero-order valence-electron chi connectivity index (χ0n) is 7.44. The van der Waals surface area contributed by atoms with Gasteiger partial charge in [0.15, 0.2) is 0 Å². The predicted molar refractivity (Wildman–Crippen MR) is 52.2 cm³/mol. The first-order chi connectivity index (χ1) is 6.69. The van der Waals surface area contributed by atoms with Crippen LogP contribution in [0.2, 0.25) is 0 Å². The lowest BCUT2D eigenvalue weighted by atomic mass is 10.2. The largest absolute Gasteiger partial charge is 0.465 e. The summed E-state index contributed by atoms with van der Waals surface area (Å²) in [5, 5.41) is 0. The molecule has 0 spiro atoms. The molecule has 1 rings (SSSR count). The van der Waals surface area contributed by atoms with Gasteiger partial charge in [0, 0.05) is 11.8 Å². The summed E-state index contributed by atoms with van der Waals surface area (Å²) in [6.07, 6.45) is 0.442. The number of ether oxygens (including phenoxy) is 1. The molecule has 0 aliphatic heterocycles. The number of hydrogen-bond donors (Lipinski definition) is 0. The van der Waals surface area contributed by atoms with Crippen LogP contribution in [0.25, 0.3) is 0 Å². The van der Waals surface area contributed by atoms with Gasteiger partial charge in [-0.1, -0.05) is 6.07 Å². The molecule has 0 aromatic heterocycles. The van der Waals surface area contributed by atoms with Gasteiger partial charge in [0.05, 0.1) is 18.4 Å². The summed E-state index contributed by atoms with van der Waals surface area (Å²) in [4.78, 5) is 21.4. The number of halogens is 1. The maximum absolute atomic E-state index is 11.1. The van der Waals surface area contributed by atoms with E-state index in [1.54, 1.807) is 18.2 Å². The Balaban J connectivity index is 3.00. The number of carbonyl (C=O) groups is 2. The van der Waals surface area contributed by atoms with Crippen LogP contribution in [0, 0.1) is 0 Å². The summed E-state index contributed by atoms with van der Waals surface area (Å²) in [5.74, 6) is -0.470. The highest BCUT2D eigenvalue weighted by Gasteiger charge is 2.07. The van der Waals surface area contributed by atoms with Crippen molar-refractivity contribution in [3.8, 4) is 0 Å². The van der Waals surface area contributed by atoms with E-state index in [9.17, 15) is 9.59 Å². The summed E-state index contributed by atoms with van der Waals surface area (Å²) >= 11 is 5.52. The Morgan fingerprint density at radius 2 is 2.29 bits per heavy atom. The van der Waals surface area contributed by atoms with Gasteiger partial charge in [-0.05, 0) is 18.2 Å². The number of benzene rings is 1. The van der Waals surface area contributed by atoms with Crippen LogP contribution in [0.1, 0.15) is 10.4 Å². The van der Waals surface area contributed by atoms with Crippen molar-refractivity contribution in [2.75, 3.05) is 11.5 Å². The second-order valence-corrected chi connectivity index (χ2v) is 2.82. The van der Waals surface area contributed by atoms with Gasteiger partial charge < -0.3 is 4.74 Å². The highest BCUT2D eigenvalue weighted by molar-refractivity contribution is 6.33. The van der Waals surface area contributed by atoms with Crippen LogP contribution >= 0.6 is 11.8 Å². The lowest BCUT2D eigenvalue weighted by molar-refractivity contribution is -0.106. The van der Waals surface area contributed by atoms with Gasteiger partial charge in [0.1, 0.15) is 0 Å². The van der Waals surface area contributed by atoms with E-state index >= 15 is 0 Å². The molecular weight excluding hydrogens is 206 g/mol. The Labute approximate surface area is 86.1 Å². The number of nitrogens with zero attached hydrogens (tertiary/aromatic N) is 1. The zero-order chi connectivity index (χ0) is 10.6. The first-order valence-electron chi connectivity index (χ1n) is 3.77. The van der Waals surface area contributed by atoms with E-state index in [0.29, 0.717) is 17.7 Å². The average molecular weight is 214 g/mol. The van der Waals surface area contributed by atoms with Crippen LogP contribution in [0.4, 0.5) is 5.69 Å². The summed E-state index contributed by atoms with van der Waals surface area (Å²) in [7, 11) is 1.28. The minimum Gasteiger partial charge on any atom is -0.465 e. The van der Waals surface area contributed by atoms with Crippen molar-refractivity contribution in [3.63, 3.8) is 0 Å². The second-order valence-electron chi connectivity index (χ2n) is 2.46. The lowest BCUT2D eigenvalue weighted by Gasteiger charge is -2.07. The molecule has 0 bridgehead atoms. The van der Waals surface area contributed by atoms with Gasteiger partial charge in [0.2, 0.25) is 6.41 Å². The van der Waals surface area contributed by atoms with Crippen LogP contribution in [-0.2, 0) is 9.53 Å². The van der Waals surface area contributed by atoms with E-state index in [1.807, 2.05) is 0 Å². The highest BCUT2D eigenvalue weighted by atomic mass is 35.5. The standard InChI is InChI=1S/C9H8ClNO3/c1-14-9(13)7-3-2-4-8(5-7)11(10)6-12/h2-6H,1H3. The van der Waals surface area contributed by atoms with Crippen molar-refractivity contribution >= 4 is 29.8 Å². The van der Waals surface area contributed by atoms with Gasteiger partial charge in [0.25, 0.3) is 0 Å². The molecule has 0 aliphatic rings. The third kappa shape index (κ3) is 2.23. The smallest absolute Gasteiger partial charge is 0.337 e. The van der Waals surface area contributed by atoms with Crippen molar-refractivity contribution in [1.82, 2.24) is 0 Å². The molecule has 0 saturated carbocycles. The Bertz CT molecular complexity index is 354. The number of anilines is 1. The molecule has 74 valence electrons. The number of hydrogen-bond acceptors (Lipinski definition) is 3. The van der Waals surface area contributed by atoms with E-state index < -0.39 is 5.97 Å². The van der Waals surface area contributed by atoms with Crippen molar-refractivity contribution in [2.24, 2.45) is 0 Å². The van der Waals surface area contributed by atoms with Gasteiger partial charge in [-0.15, -0.1) is 0 Å². The molecule has 14 heavy (non-hydrogen) atoms. The van der Waals surface area contributed by atoms with Crippen LogP contribution < -0.4 is 4.42 Å². The molecule has 4 nitrogen and oxygen atoms in total. The molecular formula is C9H8ClNO3. The maximum atomic E-state index is 11.1. The molecule has 0 atom stereocenters. The number of esters is 1. The van der Waals surface area contributed by atoms with Crippen LogP contribution in [0.5, 0.6) is 0 Å². The maximum Gasteiger partial charge on any atom is 0.337 e. The fraction of sp³-hybridized carbons (Fsp3) is 0.111. The average Bonchev–Trinajstić information content (AvgIpc) is 2.27. The van der Waals surface area contributed by atoms with Gasteiger partial charge >= 0.3 is 5.97 Å². The fourth-order valence-corrected chi connectivity index (χ4v) is 1.05. The van der Waals surface area contributed by atoms with E-state index in [2.05, 4.69) is 4.74 Å². The lowest BCUT2D eigenvalue weighted by Crippen LogP contribution is -2.08. The molecule has 0 fully saturated rings. The van der Waals surface area contributed by atoms with Crippen LogP contribution in [0.15, 0.2) is 24.3 Å². The minimum atomic E-state index is -0.470.